The fourth-order valence-corrected chi connectivity index (χ4v) is 6.28. The second kappa shape index (κ2) is 12.5. The number of nitro groups is 1. The highest BCUT2D eigenvalue weighted by molar-refractivity contribution is 5.72. The normalized spacial score (nSPS) is 23.8. The number of carbonyl (C=O) groups excluding carboxylic acids is 1. The fourth-order valence-electron chi connectivity index (χ4n) is 6.28. The van der Waals surface area contributed by atoms with Gasteiger partial charge in [0.05, 0.1) is 19.6 Å². The summed E-state index contributed by atoms with van der Waals surface area (Å²) >= 11 is 0. The Morgan fingerprint density at radius 2 is 1.73 bits per heavy atom. The van der Waals surface area contributed by atoms with Gasteiger partial charge in [0.1, 0.15) is 5.75 Å². The van der Waals surface area contributed by atoms with Crippen LogP contribution in [0.2, 0.25) is 0 Å². The molecule has 1 saturated heterocycles. The zero-order chi connectivity index (χ0) is 26.4. The molecule has 1 saturated carbocycles. The lowest BCUT2D eigenvalue weighted by atomic mass is 9.71. The molecule has 2 aliphatic rings. The highest BCUT2D eigenvalue weighted by Gasteiger charge is 2.39. The average molecular weight is 509 g/mol. The van der Waals surface area contributed by atoms with Gasteiger partial charge < -0.3 is 9.47 Å². The highest BCUT2D eigenvalue weighted by Crippen LogP contribution is 2.43. The van der Waals surface area contributed by atoms with E-state index in [0.29, 0.717) is 30.7 Å². The van der Waals surface area contributed by atoms with Gasteiger partial charge in [-0.05, 0) is 101 Å². The Balaban J connectivity index is 1.49. The van der Waals surface area contributed by atoms with Crippen LogP contribution < -0.4 is 4.74 Å². The van der Waals surface area contributed by atoms with Crippen LogP contribution in [0.15, 0.2) is 48.5 Å². The van der Waals surface area contributed by atoms with Crippen molar-refractivity contribution in [3.63, 3.8) is 0 Å². The standard InChI is InChI=1S/C30H40N2O5/c1-4-37-30(33)25-15-17-31(18-16-25)28-14-7-22(19-27(28)23-8-5-21(2)6-9-23)20-29(32(34)35)24-10-12-26(36-3)13-11-24/h5-6,8-13,22,25,27-29H,4,7,14-20H2,1-3H3. The number of hydrogen-bond donors (Lipinski definition) is 0. The third kappa shape index (κ3) is 6.69. The minimum absolute atomic E-state index is 0.00397. The number of ether oxygens (including phenoxy) is 2. The zero-order valence-corrected chi connectivity index (χ0v) is 22.3. The summed E-state index contributed by atoms with van der Waals surface area (Å²) < 4.78 is 10.5. The molecule has 1 aliphatic carbocycles. The van der Waals surface area contributed by atoms with Gasteiger partial charge in [-0.1, -0.05) is 29.8 Å². The molecule has 1 aliphatic heterocycles. The van der Waals surface area contributed by atoms with Gasteiger partial charge in [0, 0.05) is 22.9 Å². The first-order valence-electron chi connectivity index (χ1n) is 13.6. The number of methoxy groups -OCH3 is 1. The van der Waals surface area contributed by atoms with Gasteiger partial charge >= 0.3 is 5.97 Å². The Labute approximate surface area is 220 Å². The van der Waals surface area contributed by atoms with Crippen LogP contribution >= 0.6 is 0 Å². The molecule has 0 N–H and O–H groups in total. The Hall–Kier alpha value is -2.93. The van der Waals surface area contributed by atoms with E-state index in [1.165, 1.54) is 11.1 Å². The van der Waals surface area contributed by atoms with E-state index >= 15 is 0 Å². The number of nitrogens with zero attached hydrogens (tertiary/aromatic N) is 2. The molecule has 200 valence electrons. The first-order chi connectivity index (χ1) is 17.9. The molecule has 2 fully saturated rings. The van der Waals surface area contributed by atoms with E-state index in [-0.39, 0.29) is 22.7 Å². The lowest BCUT2D eigenvalue weighted by molar-refractivity contribution is -0.531. The minimum Gasteiger partial charge on any atom is -0.497 e. The van der Waals surface area contributed by atoms with E-state index < -0.39 is 6.04 Å². The average Bonchev–Trinajstić information content (AvgIpc) is 2.92. The Morgan fingerprint density at radius 1 is 1.05 bits per heavy atom. The van der Waals surface area contributed by atoms with Crippen LogP contribution in [-0.2, 0) is 9.53 Å². The summed E-state index contributed by atoms with van der Waals surface area (Å²) in [5.74, 6) is 1.23. The van der Waals surface area contributed by atoms with Gasteiger partial charge in [-0.15, -0.1) is 0 Å². The predicted octanol–water partition coefficient (Wildman–Crippen LogP) is 5.94. The van der Waals surface area contributed by atoms with Crippen LogP contribution in [0.25, 0.3) is 0 Å². The van der Waals surface area contributed by atoms with Crippen molar-refractivity contribution in [3.8, 4) is 5.75 Å². The molecule has 4 rings (SSSR count). The predicted molar refractivity (Wildman–Crippen MR) is 143 cm³/mol. The molecule has 0 radical (unpaired) electrons. The van der Waals surface area contributed by atoms with E-state index in [1.807, 2.05) is 19.1 Å². The van der Waals surface area contributed by atoms with E-state index in [1.54, 1.807) is 19.2 Å². The van der Waals surface area contributed by atoms with Crippen molar-refractivity contribution in [2.45, 2.75) is 70.4 Å². The maximum atomic E-state index is 12.2. The fraction of sp³-hybridized carbons (Fsp3) is 0.567. The first-order valence-corrected chi connectivity index (χ1v) is 13.6. The van der Waals surface area contributed by atoms with Crippen LogP contribution in [0.4, 0.5) is 0 Å². The molecule has 37 heavy (non-hydrogen) atoms. The van der Waals surface area contributed by atoms with Crippen LogP contribution in [-0.4, -0.2) is 48.6 Å². The largest absolute Gasteiger partial charge is 0.497 e. The van der Waals surface area contributed by atoms with Crippen molar-refractivity contribution in [2.24, 2.45) is 11.8 Å². The molecule has 4 atom stereocenters. The number of piperidine rings is 1. The quantitative estimate of drug-likeness (QED) is 0.237. The molecule has 2 aromatic carbocycles. The van der Waals surface area contributed by atoms with Gasteiger partial charge in [-0.3, -0.25) is 19.8 Å². The summed E-state index contributed by atoms with van der Waals surface area (Å²) in [6.07, 6.45) is 5.14. The van der Waals surface area contributed by atoms with Crippen molar-refractivity contribution < 1.29 is 19.2 Å². The summed E-state index contributed by atoms with van der Waals surface area (Å²) in [6.45, 7) is 6.17. The number of esters is 1. The lowest BCUT2D eigenvalue weighted by Crippen LogP contribution is -2.47. The second-order valence-corrected chi connectivity index (χ2v) is 10.6. The molecule has 2 aromatic rings. The zero-order valence-electron chi connectivity index (χ0n) is 22.3. The molecular formula is C30H40N2O5. The molecule has 0 aromatic heterocycles. The van der Waals surface area contributed by atoms with Gasteiger partial charge in [-0.2, -0.15) is 0 Å². The van der Waals surface area contributed by atoms with Gasteiger partial charge in [0.15, 0.2) is 0 Å². The van der Waals surface area contributed by atoms with Crippen molar-refractivity contribution in [1.29, 1.82) is 0 Å². The van der Waals surface area contributed by atoms with Crippen molar-refractivity contribution in [2.75, 3.05) is 26.8 Å². The highest BCUT2D eigenvalue weighted by atomic mass is 16.6. The minimum atomic E-state index is -0.716. The summed E-state index contributed by atoms with van der Waals surface area (Å²) in [4.78, 5) is 26.8. The molecular weight excluding hydrogens is 468 g/mol. The van der Waals surface area contributed by atoms with Gasteiger partial charge in [0.25, 0.3) is 0 Å². The Morgan fingerprint density at radius 3 is 2.32 bits per heavy atom. The van der Waals surface area contributed by atoms with Crippen LogP contribution in [0, 0.1) is 28.9 Å². The molecule has 7 heteroatoms. The van der Waals surface area contributed by atoms with Crippen molar-refractivity contribution >= 4 is 5.97 Å². The number of benzene rings is 2. The van der Waals surface area contributed by atoms with E-state index in [0.717, 1.165) is 50.8 Å². The van der Waals surface area contributed by atoms with E-state index in [2.05, 4.69) is 36.1 Å². The Kier molecular flexibility index (Phi) is 9.19. The van der Waals surface area contributed by atoms with Crippen molar-refractivity contribution in [3.05, 3.63) is 75.3 Å². The van der Waals surface area contributed by atoms with Crippen molar-refractivity contribution in [1.82, 2.24) is 4.90 Å². The monoisotopic (exact) mass is 508 g/mol. The molecule has 0 spiro atoms. The van der Waals surface area contributed by atoms with Crippen LogP contribution in [0.1, 0.15) is 74.1 Å². The maximum Gasteiger partial charge on any atom is 0.309 e. The Bertz CT molecular complexity index is 1030. The molecule has 7 nitrogen and oxygen atoms in total. The van der Waals surface area contributed by atoms with E-state index in [4.69, 9.17) is 9.47 Å². The lowest BCUT2D eigenvalue weighted by Gasteiger charge is -2.45. The van der Waals surface area contributed by atoms with Gasteiger partial charge in [-0.25, -0.2) is 0 Å². The van der Waals surface area contributed by atoms with Crippen LogP contribution in [0.3, 0.4) is 0 Å². The topological polar surface area (TPSA) is 81.9 Å². The van der Waals surface area contributed by atoms with Crippen LogP contribution in [0.5, 0.6) is 5.75 Å². The molecule has 0 amide bonds. The summed E-state index contributed by atoms with van der Waals surface area (Å²) in [7, 11) is 1.60. The summed E-state index contributed by atoms with van der Waals surface area (Å²) in [6, 6.07) is 15.7. The van der Waals surface area contributed by atoms with E-state index in [9.17, 15) is 14.9 Å². The summed E-state index contributed by atoms with van der Waals surface area (Å²) in [5.41, 5.74) is 3.28. The maximum absolute atomic E-state index is 12.2. The molecule has 4 unspecified atom stereocenters. The smallest absolute Gasteiger partial charge is 0.309 e. The number of hydrogen-bond acceptors (Lipinski definition) is 6. The third-order valence-electron chi connectivity index (χ3n) is 8.36. The number of carbonyl (C=O) groups is 1. The second-order valence-electron chi connectivity index (χ2n) is 10.6. The number of aryl methyl sites for hydroxylation is 1. The van der Waals surface area contributed by atoms with Gasteiger partial charge in [0.2, 0.25) is 6.04 Å². The molecule has 1 heterocycles. The number of rotatable bonds is 9. The number of likely N-dealkylation sites (tertiary alicyclic amines) is 1. The third-order valence-corrected chi connectivity index (χ3v) is 8.36. The summed E-state index contributed by atoms with van der Waals surface area (Å²) in [5, 5.41) is 12.1. The molecule has 0 bridgehead atoms. The first kappa shape index (κ1) is 27.1. The SMILES string of the molecule is CCOC(=O)C1CCN(C2CCC(CC(c3ccc(OC)cc3)[N+](=O)[O-])CC2c2ccc(C)cc2)CC1.